The Bertz CT molecular complexity index is 957. The second kappa shape index (κ2) is 10.1. The highest BCUT2D eigenvalue weighted by Crippen LogP contribution is 2.35. The zero-order valence-corrected chi connectivity index (χ0v) is 18.0. The molecule has 2 aromatic carbocycles. The van der Waals surface area contributed by atoms with Gasteiger partial charge < -0.3 is 24.4 Å². The van der Waals surface area contributed by atoms with E-state index in [1.807, 2.05) is 25.1 Å². The second-order valence-corrected chi connectivity index (χ2v) is 7.27. The maximum atomic E-state index is 12.9. The molecule has 1 fully saturated rings. The Kier molecular flexibility index (Phi) is 7.30. The minimum absolute atomic E-state index is 0.109. The summed E-state index contributed by atoms with van der Waals surface area (Å²) in [6, 6.07) is 8.17. The number of carbonyl (C=O) groups excluding carboxylic acids is 1. The number of carbonyl (C=O) groups is 1. The van der Waals surface area contributed by atoms with Crippen molar-refractivity contribution in [3.8, 4) is 11.5 Å². The maximum absolute atomic E-state index is 12.9. The third-order valence-corrected chi connectivity index (χ3v) is 5.17. The van der Waals surface area contributed by atoms with Gasteiger partial charge in [-0.2, -0.15) is 0 Å². The van der Waals surface area contributed by atoms with Crippen LogP contribution >= 0.6 is 0 Å². The van der Waals surface area contributed by atoms with Crippen LogP contribution in [0.15, 0.2) is 30.3 Å². The molecule has 1 amide bonds. The van der Waals surface area contributed by atoms with Gasteiger partial charge in [-0.15, -0.1) is 0 Å². The van der Waals surface area contributed by atoms with Crippen LogP contribution in [0, 0.1) is 17.0 Å². The molecule has 9 heteroatoms. The number of nitro benzene ring substituents is 1. The molecule has 0 bridgehead atoms. The summed E-state index contributed by atoms with van der Waals surface area (Å²) in [6.45, 7) is 4.54. The molecule has 0 aromatic heterocycles. The summed E-state index contributed by atoms with van der Waals surface area (Å²) in [5.74, 6) is -0.192. The minimum Gasteiger partial charge on any atom is -0.493 e. The highest BCUT2D eigenvalue weighted by molar-refractivity contribution is 6.07. The molecule has 1 N–H and O–H groups in total. The molecule has 1 aliphatic rings. The fraction of sp³-hybridized carbons (Fsp3) is 0.409. The number of ether oxygens (including phenoxy) is 3. The number of rotatable bonds is 9. The lowest BCUT2D eigenvalue weighted by atomic mass is 10.1. The van der Waals surface area contributed by atoms with Crippen LogP contribution in [0.3, 0.4) is 0 Å². The highest BCUT2D eigenvalue weighted by Gasteiger charge is 2.25. The van der Waals surface area contributed by atoms with E-state index in [1.54, 1.807) is 0 Å². The first kappa shape index (κ1) is 22.4. The summed E-state index contributed by atoms with van der Waals surface area (Å²) in [5, 5.41) is 14.4. The summed E-state index contributed by atoms with van der Waals surface area (Å²) >= 11 is 0. The standard InChI is InChI=1S/C22H27N3O6/c1-15-12-16(6-7-18(15)24-8-4-5-9-24)23-22(26)17-13-20(30-3)21(31-11-10-29-2)14-19(17)25(27)28/h6-7,12-14H,4-5,8-11H2,1-3H3,(H,23,26). The summed E-state index contributed by atoms with van der Waals surface area (Å²) in [7, 11) is 2.93. The molecule has 1 saturated heterocycles. The van der Waals surface area contributed by atoms with E-state index >= 15 is 0 Å². The van der Waals surface area contributed by atoms with Gasteiger partial charge in [-0.05, 0) is 43.5 Å². The number of nitro groups is 1. The van der Waals surface area contributed by atoms with Crippen LogP contribution < -0.4 is 19.7 Å². The van der Waals surface area contributed by atoms with Crippen molar-refractivity contribution in [2.75, 3.05) is 50.7 Å². The number of nitrogens with zero attached hydrogens (tertiary/aromatic N) is 2. The fourth-order valence-electron chi connectivity index (χ4n) is 3.63. The number of benzene rings is 2. The summed E-state index contributed by atoms with van der Waals surface area (Å²) in [6.07, 6.45) is 2.35. The second-order valence-electron chi connectivity index (χ2n) is 7.27. The van der Waals surface area contributed by atoms with Crippen molar-refractivity contribution in [2.45, 2.75) is 19.8 Å². The molecule has 3 rings (SSSR count). The van der Waals surface area contributed by atoms with E-state index < -0.39 is 10.8 Å². The predicted molar refractivity (Wildman–Crippen MR) is 118 cm³/mol. The average Bonchev–Trinajstić information content (AvgIpc) is 3.28. The van der Waals surface area contributed by atoms with Gasteiger partial charge in [0, 0.05) is 37.6 Å². The first-order valence-corrected chi connectivity index (χ1v) is 10.1. The van der Waals surface area contributed by atoms with Crippen molar-refractivity contribution in [1.29, 1.82) is 0 Å². The average molecular weight is 429 g/mol. The Balaban J connectivity index is 1.84. The molecule has 0 unspecified atom stereocenters. The molecule has 166 valence electrons. The third-order valence-electron chi connectivity index (χ3n) is 5.17. The predicted octanol–water partition coefficient (Wildman–Crippen LogP) is 3.79. The number of nitrogens with one attached hydrogen (secondary N) is 1. The van der Waals surface area contributed by atoms with Gasteiger partial charge in [0.25, 0.3) is 11.6 Å². The van der Waals surface area contributed by atoms with E-state index in [4.69, 9.17) is 14.2 Å². The number of hydrogen-bond donors (Lipinski definition) is 1. The summed E-state index contributed by atoms with van der Waals surface area (Å²) in [5.41, 5.74) is 2.27. The minimum atomic E-state index is -0.612. The van der Waals surface area contributed by atoms with E-state index in [-0.39, 0.29) is 29.4 Å². The van der Waals surface area contributed by atoms with Crippen molar-refractivity contribution in [1.82, 2.24) is 0 Å². The molecule has 2 aromatic rings. The number of methoxy groups -OCH3 is 2. The zero-order chi connectivity index (χ0) is 22.4. The Hall–Kier alpha value is -3.33. The first-order chi connectivity index (χ1) is 14.9. The molecule has 31 heavy (non-hydrogen) atoms. The first-order valence-electron chi connectivity index (χ1n) is 10.1. The zero-order valence-electron chi connectivity index (χ0n) is 18.0. The number of hydrogen-bond acceptors (Lipinski definition) is 7. The number of amides is 1. The lowest BCUT2D eigenvalue weighted by molar-refractivity contribution is -0.385. The van der Waals surface area contributed by atoms with E-state index in [0.717, 1.165) is 24.3 Å². The molecule has 0 spiro atoms. The van der Waals surface area contributed by atoms with Crippen molar-refractivity contribution >= 4 is 23.0 Å². The Morgan fingerprint density at radius 3 is 2.48 bits per heavy atom. The van der Waals surface area contributed by atoms with Crippen LogP contribution in [0.25, 0.3) is 0 Å². The Morgan fingerprint density at radius 2 is 1.87 bits per heavy atom. The molecule has 0 saturated carbocycles. The van der Waals surface area contributed by atoms with Crippen LogP contribution in [-0.2, 0) is 4.74 Å². The maximum Gasteiger partial charge on any atom is 0.286 e. The van der Waals surface area contributed by atoms with Gasteiger partial charge in [0.1, 0.15) is 12.2 Å². The van der Waals surface area contributed by atoms with Gasteiger partial charge >= 0.3 is 0 Å². The molecule has 9 nitrogen and oxygen atoms in total. The molecule has 0 aliphatic carbocycles. The third kappa shape index (κ3) is 5.24. The van der Waals surface area contributed by atoms with Crippen LogP contribution in [-0.4, -0.2) is 51.4 Å². The van der Waals surface area contributed by atoms with Gasteiger partial charge in [-0.3, -0.25) is 14.9 Å². The lowest BCUT2D eigenvalue weighted by Gasteiger charge is -2.20. The van der Waals surface area contributed by atoms with Crippen molar-refractivity contribution in [3.63, 3.8) is 0 Å². The Morgan fingerprint density at radius 1 is 1.13 bits per heavy atom. The van der Waals surface area contributed by atoms with Gasteiger partial charge in [-0.1, -0.05) is 0 Å². The van der Waals surface area contributed by atoms with Gasteiger partial charge in [0.15, 0.2) is 11.5 Å². The van der Waals surface area contributed by atoms with Crippen LogP contribution in [0.5, 0.6) is 11.5 Å². The smallest absolute Gasteiger partial charge is 0.286 e. The lowest BCUT2D eigenvalue weighted by Crippen LogP contribution is -2.19. The van der Waals surface area contributed by atoms with Gasteiger partial charge in [0.2, 0.25) is 0 Å². The summed E-state index contributed by atoms with van der Waals surface area (Å²) < 4.78 is 15.7. The fourth-order valence-corrected chi connectivity index (χ4v) is 3.63. The largest absolute Gasteiger partial charge is 0.493 e. The Labute approximate surface area is 181 Å². The number of aryl methyl sites for hydroxylation is 1. The van der Waals surface area contributed by atoms with E-state index in [1.165, 1.54) is 39.2 Å². The molecule has 1 heterocycles. The molecular formula is C22H27N3O6. The quantitative estimate of drug-likeness (QED) is 0.367. The van der Waals surface area contributed by atoms with Gasteiger partial charge in [0.05, 0.1) is 24.7 Å². The molecule has 1 aliphatic heterocycles. The monoisotopic (exact) mass is 429 g/mol. The van der Waals surface area contributed by atoms with Crippen molar-refractivity contribution in [2.24, 2.45) is 0 Å². The normalized spacial score (nSPS) is 13.2. The molecule has 0 radical (unpaired) electrons. The number of anilines is 2. The SMILES string of the molecule is COCCOc1cc([N+](=O)[O-])c(C(=O)Nc2ccc(N3CCCC3)c(C)c2)cc1OC. The van der Waals surface area contributed by atoms with Crippen molar-refractivity contribution < 1.29 is 23.9 Å². The highest BCUT2D eigenvalue weighted by atomic mass is 16.6. The van der Waals surface area contributed by atoms with E-state index in [0.29, 0.717) is 12.3 Å². The molecule has 0 atom stereocenters. The van der Waals surface area contributed by atoms with Crippen LogP contribution in [0.1, 0.15) is 28.8 Å². The van der Waals surface area contributed by atoms with E-state index in [9.17, 15) is 14.9 Å². The van der Waals surface area contributed by atoms with Crippen LogP contribution in [0.4, 0.5) is 17.1 Å². The molecular weight excluding hydrogens is 402 g/mol. The topological polar surface area (TPSA) is 103 Å². The summed E-state index contributed by atoms with van der Waals surface area (Å²) in [4.78, 5) is 26.2. The van der Waals surface area contributed by atoms with E-state index in [2.05, 4.69) is 10.2 Å². The van der Waals surface area contributed by atoms with Gasteiger partial charge in [-0.25, -0.2) is 0 Å². The van der Waals surface area contributed by atoms with Crippen LogP contribution in [0.2, 0.25) is 0 Å². The van der Waals surface area contributed by atoms with Crippen molar-refractivity contribution in [3.05, 3.63) is 51.6 Å².